The lowest BCUT2D eigenvalue weighted by Crippen LogP contribution is -2.58. The van der Waals surface area contributed by atoms with E-state index in [2.05, 4.69) is 34.3 Å². The highest BCUT2D eigenvalue weighted by Crippen LogP contribution is 2.64. The van der Waals surface area contributed by atoms with Gasteiger partial charge in [0.2, 0.25) is 0 Å². The van der Waals surface area contributed by atoms with E-state index in [1.807, 2.05) is 0 Å². The van der Waals surface area contributed by atoms with Crippen LogP contribution in [0.3, 0.4) is 0 Å². The minimum atomic E-state index is -0.0162. The molecule has 0 radical (unpaired) electrons. The Balaban J connectivity index is 1.96. The summed E-state index contributed by atoms with van der Waals surface area (Å²) in [6.45, 7) is 14.2. The Morgan fingerprint density at radius 1 is 1.09 bits per heavy atom. The van der Waals surface area contributed by atoms with Crippen molar-refractivity contribution in [1.82, 2.24) is 0 Å². The Hall–Kier alpha value is -0.0100. The Morgan fingerprint density at radius 3 is 2.50 bits per heavy atom. The van der Waals surface area contributed by atoms with Gasteiger partial charge in [0.25, 0.3) is 0 Å². The van der Waals surface area contributed by atoms with Crippen molar-refractivity contribution in [2.24, 2.45) is 22.7 Å². The first-order valence-electron chi connectivity index (χ1n) is 9.14. The molecular weight excluding hydrogens is 292 g/mol. The van der Waals surface area contributed by atoms with Crippen LogP contribution >= 0.6 is 11.6 Å². The van der Waals surface area contributed by atoms with Crippen LogP contribution in [0.25, 0.3) is 0 Å². The van der Waals surface area contributed by atoms with Crippen LogP contribution in [0.15, 0.2) is 12.2 Å². The number of rotatable bonds is 1. The third-order valence-electron chi connectivity index (χ3n) is 7.50. The van der Waals surface area contributed by atoms with Gasteiger partial charge in [-0.05, 0) is 73.7 Å². The predicted molar refractivity (Wildman–Crippen MR) is 94.3 cm³/mol. The molecule has 2 heteroatoms. The molecule has 2 aliphatic carbocycles. The quantitative estimate of drug-likeness (QED) is 0.427. The summed E-state index contributed by atoms with van der Waals surface area (Å²) < 4.78 is 6.62. The maximum atomic E-state index is 6.62. The molecule has 2 saturated carbocycles. The summed E-state index contributed by atoms with van der Waals surface area (Å²) in [6.07, 6.45) is 8.96. The first kappa shape index (κ1) is 16.8. The van der Waals surface area contributed by atoms with Crippen LogP contribution in [-0.2, 0) is 4.74 Å². The van der Waals surface area contributed by atoms with Crippen molar-refractivity contribution in [3.05, 3.63) is 12.2 Å². The molecule has 1 heterocycles. The van der Waals surface area contributed by atoms with Gasteiger partial charge in [0.15, 0.2) is 0 Å². The molecule has 3 rings (SSSR count). The third kappa shape index (κ3) is 2.47. The molecule has 3 aliphatic rings. The van der Waals surface area contributed by atoms with E-state index in [0.717, 1.165) is 12.3 Å². The van der Waals surface area contributed by atoms with Gasteiger partial charge in [-0.25, -0.2) is 0 Å². The van der Waals surface area contributed by atoms with Gasteiger partial charge in [0.05, 0.1) is 17.6 Å². The lowest BCUT2D eigenvalue weighted by Gasteiger charge is -2.62. The van der Waals surface area contributed by atoms with E-state index in [1.54, 1.807) is 0 Å². The number of alkyl halides is 1. The second kappa shape index (κ2) is 5.52. The molecular formula is C20H33ClO. The van der Waals surface area contributed by atoms with Crippen molar-refractivity contribution < 1.29 is 4.74 Å². The zero-order valence-corrected chi connectivity index (χ0v) is 15.6. The van der Waals surface area contributed by atoms with Crippen LogP contribution in [-0.4, -0.2) is 17.6 Å². The normalized spacial score (nSPS) is 48.2. The molecule has 1 saturated heterocycles. The van der Waals surface area contributed by atoms with Gasteiger partial charge in [-0.1, -0.05) is 33.8 Å². The summed E-state index contributed by atoms with van der Waals surface area (Å²) in [5.41, 5.74) is 2.08. The van der Waals surface area contributed by atoms with Crippen LogP contribution in [0.4, 0.5) is 0 Å². The fourth-order valence-electron chi connectivity index (χ4n) is 6.42. The van der Waals surface area contributed by atoms with Crippen molar-refractivity contribution in [2.75, 3.05) is 5.88 Å². The molecule has 126 valence electrons. The molecule has 1 nitrogen and oxygen atoms in total. The highest BCUT2D eigenvalue weighted by atomic mass is 35.5. The second-order valence-electron chi connectivity index (χ2n) is 9.26. The molecule has 5 atom stereocenters. The Bertz CT molecular complexity index is 457. The van der Waals surface area contributed by atoms with E-state index in [-0.39, 0.29) is 11.7 Å². The van der Waals surface area contributed by atoms with E-state index < -0.39 is 0 Å². The largest absolute Gasteiger partial charge is 0.366 e. The van der Waals surface area contributed by atoms with E-state index >= 15 is 0 Å². The maximum Gasteiger partial charge on any atom is 0.0925 e. The van der Waals surface area contributed by atoms with Crippen LogP contribution < -0.4 is 0 Å². The fraction of sp³-hybridized carbons (Fsp3) is 0.900. The van der Waals surface area contributed by atoms with E-state index in [0.29, 0.717) is 22.6 Å². The van der Waals surface area contributed by atoms with Crippen molar-refractivity contribution in [3.8, 4) is 0 Å². The van der Waals surface area contributed by atoms with E-state index in [1.165, 1.54) is 44.1 Å². The standard InChI is InChI=1S/C20H33ClO/c1-14-7-8-17-19(4)11-6-10-18(2,3)16(19)9-12-20(17,5)22-15(14)13-21/h15-17H,1,6-13H2,2-5H3/t15-,16+,17-,19+,20-/m1/s1. The van der Waals surface area contributed by atoms with Crippen LogP contribution in [0.2, 0.25) is 0 Å². The topological polar surface area (TPSA) is 9.23 Å². The first-order chi connectivity index (χ1) is 10.2. The van der Waals surface area contributed by atoms with E-state index in [4.69, 9.17) is 16.3 Å². The monoisotopic (exact) mass is 324 g/mol. The highest BCUT2D eigenvalue weighted by Gasteiger charge is 2.59. The van der Waals surface area contributed by atoms with E-state index in [9.17, 15) is 0 Å². The van der Waals surface area contributed by atoms with Crippen molar-refractivity contribution in [3.63, 3.8) is 0 Å². The predicted octanol–water partition coefficient (Wildman–Crippen LogP) is 5.96. The molecule has 0 N–H and O–H groups in total. The van der Waals surface area contributed by atoms with Gasteiger partial charge in [0.1, 0.15) is 0 Å². The molecule has 0 amide bonds. The number of fused-ring (bicyclic) bond motifs is 3. The third-order valence-corrected chi connectivity index (χ3v) is 7.78. The summed E-state index contributed by atoms with van der Waals surface area (Å²) in [6, 6.07) is 0. The Kier molecular flexibility index (Phi) is 4.22. The van der Waals surface area contributed by atoms with Crippen molar-refractivity contribution in [2.45, 2.75) is 84.3 Å². The van der Waals surface area contributed by atoms with Crippen LogP contribution in [0.1, 0.15) is 72.6 Å². The molecule has 0 bridgehead atoms. The molecule has 0 spiro atoms. The molecule has 3 fully saturated rings. The number of ether oxygens (including phenoxy) is 1. The number of hydrogen-bond donors (Lipinski definition) is 0. The van der Waals surface area contributed by atoms with Gasteiger partial charge >= 0.3 is 0 Å². The van der Waals surface area contributed by atoms with Gasteiger partial charge in [-0.2, -0.15) is 0 Å². The fourth-order valence-corrected chi connectivity index (χ4v) is 6.70. The smallest absolute Gasteiger partial charge is 0.0925 e. The molecule has 0 aromatic heterocycles. The molecule has 22 heavy (non-hydrogen) atoms. The van der Waals surface area contributed by atoms with Crippen molar-refractivity contribution >= 4 is 11.6 Å². The van der Waals surface area contributed by atoms with Gasteiger partial charge < -0.3 is 4.74 Å². The molecule has 0 aromatic rings. The second-order valence-corrected chi connectivity index (χ2v) is 9.57. The lowest BCUT2D eigenvalue weighted by atomic mass is 9.45. The highest BCUT2D eigenvalue weighted by molar-refractivity contribution is 6.18. The number of hydrogen-bond acceptors (Lipinski definition) is 1. The maximum absolute atomic E-state index is 6.62. The van der Waals surface area contributed by atoms with Crippen LogP contribution in [0.5, 0.6) is 0 Å². The Morgan fingerprint density at radius 2 is 1.82 bits per heavy atom. The summed E-state index contributed by atoms with van der Waals surface area (Å²) >= 11 is 6.17. The van der Waals surface area contributed by atoms with Gasteiger partial charge in [-0.15, -0.1) is 11.6 Å². The SMILES string of the molecule is C=C1CC[C@@H]2[C@@]3(C)CCCC(C)(C)[C@@H]3CC[C@@]2(C)O[C@@H]1CCl. The molecule has 0 aromatic carbocycles. The minimum absolute atomic E-state index is 0.0162. The van der Waals surface area contributed by atoms with Crippen molar-refractivity contribution in [1.29, 1.82) is 0 Å². The Labute approximate surface area is 141 Å². The summed E-state index contributed by atoms with van der Waals surface area (Å²) in [7, 11) is 0. The average molecular weight is 325 g/mol. The van der Waals surface area contributed by atoms with Gasteiger partial charge in [-0.3, -0.25) is 0 Å². The zero-order valence-electron chi connectivity index (χ0n) is 14.9. The number of halogens is 1. The average Bonchev–Trinajstić information content (AvgIpc) is 2.55. The lowest BCUT2D eigenvalue weighted by molar-refractivity contribution is -0.195. The summed E-state index contributed by atoms with van der Waals surface area (Å²) in [5, 5.41) is 0. The molecule has 1 aliphatic heterocycles. The zero-order chi connectivity index (χ0) is 16.2. The van der Waals surface area contributed by atoms with Gasteiger partial charge in [0, 0.05) is 0 Å². The minimum Gasteiger partial charge on any atom is -0.366 e. The first-order valence-corrected chi connectivity index (χ1v) is 9.68. The van der Waals surface area contributed by atoms with Crippen LogP contribution in [0, 0.1) is 22.7 Å². The summed E-state index contributed by atoms with van der Waals surface area (Å²) in [5.74, 6) is 2.02. The molecule has 0 unspecified atom stereocenters. The summed E-state index contributed by atoms with van der Waals surface area (Å²) in [4.78, 5) is 0.